The molecule has 5 nitrogen and oxygen atoms in total. The van der Waals surface area contributed by atoms with Gasteiger partial charge in [-0.05, 0) is 35.4 Å². The number of benzene rings is 2. The number of fused-ring (bicyclic) bond motifs is 2. The van der Waals surface area contributed by atoms with Gasteiger partial charge >= 0.3 is 0 Å². The summed E-state index contributed by atoms with van der Waals surface area (Å²) < 4.78 is 11.1. The first-order valence-corrected chi connectivity index (χ1v) is 7.92. The highest BCUT2D eigenvalue weighted by molar-refractivity contribution is 5.95. The van der Waals surface area contributed by atoms with Gasteiger partial charge in [-0.2, -0.15) is 0 Å². The van der Waals surface area contributed by atoms with Gasteiger partial charge in [-0.15, -0.1) is 0 Å². The number of hydrogen-bond donors (Lipinski definition) is 1. The zero-order valence-electron chi connectivity index (χ0n) is 13.4. The fourth-order valence-corrected chi connectivity index (χ4v) is 2.88. The predicted molar refractivity (Wildman–Crippen MR) is 94.7 cm³/mol. The SMILES string of the molecule is CN1CCOc2cc(C=Cc3ccc4c(c3)NC(=O)CO4)ccc21. The lowest BCUT2D eigenvalue weighted by molar-refractivity contribution is -0.118. The number of ether oxygens (including phenoxy) is 2. The minimum Gasteiger partial charge on any atom is -0.490 e. The second kappa shape index (κ2) is 5.92. The molecular formula is C19H18N2O3. The Morgan fingerprint density at radius 3 is 2.71 bits per heavy atom. The van der Waals surface area contributed by atoms with E-state index in [0.717, 1.165) is 29.1 Å². The second-order valence-electron chi connectivity index (χ2n) is 5.92. The van der Waals surface area contributed by atoms with Crippen LogP contribution in [0.4, 0.5) is 11.4 Å². The Morgan fingerprint density at radius 1 is 1.04 bits per heavy atom. The molecule has 5 heteroatoms. The highest BCUT2D eigenvalue weighted by atomic mass is 16.5. The average molecular weight is 322 g/mol. The van der Waals surface area contributed by atoms with Crippen molar-refractivity contribution in [3.63, 3.8) is 0 Å². The molecule has 0 atom stereocenters. The Bertz CT molecular complexity index is 829. The molecule has 24 heavy (non-hydrogen) atoms. The second-order valence-corrected chi connectivity index (χ2v) is 5.92. The maximum atomic E-state index is 11.4. The van der Waals surface area contributed by atoms with Crippen molar-refractivity contribution in [2.45, 2.75) is 0 Å². The van der Waals surface area contributed by atoms with Crippen molar-refractivity contribution in [3.8, 4) is 11.5 Å². The molecule has 2 aliphatic rings. The van der Waals surface area contributed by atoms with Gasteiger partial charge in [-0.25, -0.2) is 0 Å². The van der Waals surface area contributed by atoms with Crippen molar-refractivity contribution in [2.24, 2.45) is 0 Å². The van der Waals surface area contributed by atoms with Crippen molar-refractivity contribution in [2.75, 3.05) is 37.0 Å². The zero-order chi connectivity index (χ0) is 16.5. The molecule has 0 aromatic heterocycles. The molecular weight excluding hydrogens is 304 g/mol. The molecule has 2 aromatic carbocycles. The quantitative estimate of drug-likeness (QED) is 0.864. The van der Waals surface area contributed by atoms with Gasteiger partial charge < -0.3 is 19.7 Å². The average Bonchev–Trinajstić information content (AvgIpc) is 2.59. The smallest absolute Gasteiger partial charge is 0.262 e. The number of amides is 1. The number of rotatable bonds is 2. The van der Waals surface area contributed by atoms with Crippen LogP contribution < -0.4 is 19.7 Å². The molecule has 0 aliphatic carbocycles. The number of anilines is 2. The molecule has 2 heterocycles. The Labute approximate surface area is 140 Å². The Kier molecular flexibility index (Phi) is 3.61. The molecule has 1 amide bonds. The monoisotopic (exact) mass is 322 g/mol. The minimum atomic E-state index is -0.125. The summed E-state index contributed by atoms with van der Waals surface area (Å²) in [7, 11) is 2.07. The largest absolute Gasteiger partial charge is 0.490 e. The van der Waals surface area contributed by atoms with Crippen LogP contribution >= 0.6 is 0 Å². The summed E-state index contributed by atoms with van der Waals surface area (Å²) >= 11 is 0. The highest BCUT2D eigenvalue weighted by Gasteiger charge is 2.16. The molecule has 0 bridgehead atoms. The summed E-state index contributed by atoms with van der Waals surface area (Å²) in [6.45, 7) is 1.69. The fraction of sp³-hybridized carbons (Fsp3) is 0.211. The maximum Gasteiger partial charge on any atom is 0.262 e. The van der Waals surface area contributed by atoms with E-state index in [1.54, 1.807) is 0 Å². The van der Waals surface area contributed by atoms with Crippen LogP contribution in [0.1, 0.15) is 11.1 Å². The third kappa shape index (κ3) is 2.80. The third-order valence-electron chi connectivity index (χ3n) is 4.18. The molecule has 0 radical (unpaired) electrons. The van der Waals surface area contributed by atoms with Gasteiger partial charge in [-0.3, -0.25) is 4.79 Å². The third-order valence-corrected chi connectivity index (χ3v) is 4.18. The first-order chi connectivity index (χ1) is 11.7. The zero-order valence-corrected chi connectivity index (χ0v) is 13.4. The van der Waals surface area contributed by atoms with Crippen LogP contribution in [0, 0.1) is 0 Å². The molecule has 2 aliphatic heterocycles. The first-order valence-electron chi connectivity index (χ1n) is 7.92. The fourth-order valence-electron chi connectivity index (χ4n) is 2.88. The maximum absolute atomic E-state index is 11.4. The van der Waals surface area contributed by atoms with Crippen LogP contribution in [0.15, 0.2) is 36.4 Å². The highest BCUT2D eigenvalue weighted by Crippen LogP contribution is 2.32. The van der Waals surface area contributed by atoms with Crippen LogP contribution in [-0.4, -0.2) is 32.7 Å². The van der Waals surface area contributed by atoms with E-state index in [-0.39, 0.29) is 12.5 Å². The normalized spacial score (nSPS) is 16.0. The number of nitrogens with zero attached hydrogens (tertiary/aromatic N) is 1. The van der Waals surface area contributed by atoms with Gasteiger partial charge in [-0.1, -0.05) is 24.3 Å². The van der Waals surface area contributed by atoms with Gasteiger partial charge in [0.1, 0.15) is 18.1 Å². The van der Waals surface area contributed by atoms with Gasteiger partial charge in [0.25, 0.3) is 5.91 Å². The van der Waals surface area contributed by atoms with Crippen molar-refractivity contribution in [1.29, 1.82) is 0 Å². The molecule has 0 unspecified atom stereocenters. The summed E-state index contributed by atoms with van der Waals surface area (Å²) in [6, 6.07) is 11.9. The topological polar surface area (TPSA) is 50.8 Å². The lowest BCUT2D eigenvalue weighted by Crippen LogP contribution is -2.28. The summed E-state index contributed by atoms with van der Waals surface area (Å²) in [5, 5.41) is 2.82. The van der Waals surface area contributed by atoms with E-state index in [4.69, 9.17) is 9.47 Å². The number of carbonyl (C=O) groups is 1. The molecule has 0 spiro atoms. The Hall–Kier alpha value is -2.95. The Balaban J connectivity index is 1.57. The van der Waals surface area contributed by atoms with Gasteiger partial charge in [0, 0.05) is 7.05 Å². The number of nitrogens with one attached hydrogen (secondary N) is 1. The van der Waals surface area contributed by atoms with Crippen LogP contribution in [0.25, 0.3) is 12.2 Å². The predicted octanol–water partition coefficient (Wildman–Crippen LogP) is 3.02. The standard InChI is InChI=1S/C19H18N2O3/c1-21-8-9-23-18-11-14(4-6-16(18)21)3-2-13-5-7-17-15(10-13)20-19(22)12-24-17/h2-7,10-11H,8-9,12H2,1H3,(H,20,22). The number of carbonyl (C=O) groups excluding carboxylic acids is 1. The van der Waals surface area contributed by atoms with E-state index in [1.807, 2.05) is 36.4 Å². The summed E-state index contributed by atoms with van der Waals surface area (Å²) in [5.41, 5.74) is 3.90. The molecule has 0 saturated heterocycles. The molecule has 0 saturated carbocycles. The van der Waals surface area contributed by atoms with Gasteiger partial charge in [0.05, 0.1) is 17.9 Å². The number of likely N-dealkylation sites (N-methyl/N-ethyl adjacent to an activating group) is 1. The van der Waals surface area contributed by atoms with Gasteiger partial charge in [0.15, 0.2) is 6.61 Å². The van der Waals surface area contributed by atoms with Crippen molar-refractivity contribution < 1.29 is 14.3 Å². The van der Waals surface area contributed by atoms with Crippen LogP contribution in [0.5, 0.6) is 11.5 Å². The van der Waals surface area contributed by atoms with E-state index < -0.39 is 0 Å². The van der Waals surface area contributed by atoms with Crippen LogP contribution in [0.2, 0.25) is 0 Å². The number of hydrogen-bond acceptors (Lipinski definition) is 4. The first kappa shape index (κ1) is 14.6. The molecule has 122 valence electrons. The summed E-state index contributed by atoms with van der Waals surface area (Å²) in [5.74, 6) is 1.49. The minimum absolute atomic E-state index is 0.0752. The molecule has 1 N–H and O–H groups in total. The molecule has 2 aromatic rings. The van der Waals surface area contributed by atoms with Crippen LogP contribution in [-0.2, 0) is 4.79 Å². The molecule has 0 fully saturated rings. The summed E-state index contributed by atoms with van der Waals surface area (Å²) in [6.07, 6.45) is 4.04. The van der Waals surface area contributed by atoms with Gasteiger partial charge in [0.2, 0.25) is 0 Å². The van der Waals surface area contributed by atoms with Crippen molar-refractivity contribution in [1.82, 2.24) is 0 Å². The lowest BCUT2D eigenvalue weighted by atomic mass is 10.1. The van der Waals surface area contributed by atoms with Crippen molar-refractivity contribution in [3.05, 3.63) is 47.5 Å². The van der Waals surface area contributed by atoms with E-state index >= 15 is 0 Å². The molecule has 4 rings (SSSR count). The van der Waals surface area contributed by atoms with E-state index in [2.05, 4.69) is 29.4 Å². The Morgan fingerprint density at radius 2 is 1.83 bits per heavy atom. The lowest BCUT2D eigenvalue weighted by Gasteiger charge is -2.27. The van der Waals surface area contributed by atoms with E-state index in [9.17, 15) is 4.79 Å². The van der Waals surface area contributed by atoms with E-state index in [1.165, 1.54) is 0 Å². The van der Waals surface area contributed by atoms with Crippen LogP contribution in [0.3, 0.4) is 0 Å². The van der Waals surface area contributed by atoms with Crippen molar-refractivity contribution >= 4 is 29.4 Å². The van der Waals surface area contributed by atoms with E-state index in [0.29, 0.717) is 18.0 Å². The summed E-state index contributed by atoms with van der Waals surface area (Å²) in [4.78, 5) is 13.6.